The highest BCUT2D eigenvalue weighted by Crippen LogP contribution is 2.17. The van der Waals surface area contributed by atoms with Gasteiger partial charge in [0.05, 0.1) is 6.17 Å². The number of unbranched alkanes of at least 4 members (excludes halogenated alkanes) is 12. The van der Waals surface area contributed by atoms with Crippen molar-refractivity contribution < 1.29 is 0 Å². The fraction of sp³-hybridized carbons (Fsp3) is 0.870. The average Bonchev–Trinajstić information content (AvgIpc) is 3.10. The van der Waals surface area contributed by atoms with Crippen molar-refractivity contribution in [3.63, 3.8) is 0 Å². The van der Waals surface area contributed by atoms with E-state index in [4.69, 9.17) is 5.73 Å². The Hall–Kier alpha value is -0.670. The van der Waals surface area contributed by atoms with Gasteiger partial charge in [-0.2, -0.15) is 0 Å². The van der Waals surface area contributed by atoms with Gasteiger partial charge >= 0.3 is 0 Å². The summed E-state index contributed by atoms with van der Waals surface area (Å²) in [6.07, 6.45) is 27.6. The van der Waals surface area contributed by atoms with Gasteiger partial charge in [0.25, 0.3) is 0 Å². The fourth-order valence-corrected chi connectivity index (χ4v) is 3.73. The van der Waals surface area contributed by atoms with E-state index in [-0.39, 0.29) is 6.17 Å². The maximum atomic E-state index is 5.99. The average molecular weight is 364 g/mol. The normalized spacial score (nSPS) is 19.0. The number of rotatable bonds is 17. The molecule has 1 rings (SSSR count). The van der Waals surface area contributed by atoms with Crippen LogP contribution >= 0.6 is 0 Å². The van der Waals surface area contributed by atoms with Crippen molar-refractivity contribution in [3.8, 4) is 0 Å². The number of hydrogen-bond donors (Lipinski definition) is 1. The summed E-state index contributed by atoms with van der Waals surface area (Å²) in [5, 5.41) is 0. The zero-order chi connectivity index (χ0) is 18.9. The van der Waals surface area contributed by atoms with Gasteiger partial charge in [0, 0.05) is 12.8 Å². The van der Waals surface area contributed by atoms with Crippen LogP contribution in [0.1, 0.15) is 110 Å². The molecule has 0 spiro atoms. The molecule has 1 aliphatic heterocycles. The third kappa shape index (κ3) is 11.9. The van der Waals surface area contributed by atoms with E-state index in [0.717, 1.165) is 6.54 Å². The number of allylic oxidation sites excluding steroid dienone is 2. The predicted molar refractivity (Wildman–Crippen MR) is 117 cm³/mol. The summed E-state index contributed by atoms with van der Waals surface area (Å²) in [7, 11) is 0. The van der Waals surface area contributed by atoms with Gasteiger partial charge in [0.2, 0.25) is 0 Å². The van der Waals surface area contributed by atoms with Gasteiger partial charge in [-0.05, 0) is 39.0 Å². The number of hydrogen-bond acceptors (Lipinski definition) is 3. The Morgan fingerprint density at radius 1 is 0.923 bits per heavy atom. The summed E-state index contributed by atoms with van der Waals surface area (Å²) in [5.74, 6) is 0. The molecule has 0 saturated carbocycles. The van der Waals surface area contributed by atoms with Crippen LogP contribution in [0.2, 0.25) is 0 Å². The number of nitrogens with two attached hydrogens (primary N) is 1. The second-order valence-electron chi connectivity index (χ2n) is 7.98. The monoisotopic (exact) mass is 363 g/mol. The summed E-state index contributed by atoms with van der Waals surface area (Å²) in [6.45, 7) is 5.23. The molecule has 0 fully saturated rings. The lowest BCUT2D eigenvalue weighted by molar-refractivity contribution is 0.182. The van der Waals surface area contributed by atoms with Gasteiger partial charge in [0.1, 0.15) is 6.17 Å². The highest BCUT2D eigenvalue weighted by molar-refractivity contribution is 5.62. The molecule has 2 unspecified atom stereocenters. The Bertz CT molecular complexity index is 362. The van der Waals surface area contributed by atoms with Crippen LogP contribution in [-0.2, 0) is 0 Å². The molecule has 3 heteroatoms. The number of aliphatic imine (C=N–C) groups is 1. The fourth-order valence-electron chi connectivity index (χ4n) is 3.73. The van der Waals surface area contributed by atoms with E-state index in [9.17, 15) is 0 Å². The molecule has 0 aromatic rings. The summed E-state index contributed by atoms with van der Waals surface area (Å²) < 4.78 is 0. The topological polar surface area (TPSA) is 41.6 Å². The zero-order valence-corrected chi connectivity index (χ0v) is 17.7. The van der Waals surface area contributed by atoms with Crippen LogP contribution in [0.5, 0.6) is 0 Å². The maximum absolute atomic E-state index is 5.99. The van der Waals surface area contributed by atoms with Gasteiger partial charge < -0.3 is 5.73 Å². The molecule has 0 saturated heterocycles. The smallest absolute Gasteiger partial charge is 0.103 e. The molecule has 0 amide bonds. The van der Waals surface area contributed by atoms with E-state index in [1.165, 1.54) is 96.3 Å². The van der Waals surface area contributed by atoms with Gasteiger partial charge in [0.15, 0.2) is 0 Å². The quantitative estimate of drug-likeness (QED) is 0.239. The zero-order valence-electron chi connectivity index (χ0n) is 17.7. The lowest BCUT2D eigenvalue weighted by Gasteiger charge is -2.26. The molecule has 2 atom stereocenters. The first-order valence-corrected chi connectivity index (χ1v) is 11.4. The van der Waals surface area contributed by atoms with Crippen molar-refractivity contribution >= 4 is 6.21 Å². The highest BCUT2D eigenvalue weighted by Gasteiger charge is 2.22. The van der Waals surface area contributed by atoms with Crippen molar-refractivity contribution in [1.29, 1.82) is 0 Å². The van der Waals surface area contributed by atoms with Crippen molar-refractivity contribution in [1.82, 2.24) is 4.90 Å². The van der Waals surface area contributed by atoms with Gasteiger partial charge in [-0.1, -0.05) is 83.3 Å². The molecule has 0 bridgehead atoms. The minimum Gasteiger partial charge on any atom is -0.316 e. The van der Waals surface area contributed by atoms with Gasteiger partial charge in [-0.3, -0.25) is 9.89 Å². The maximum Gasteiger partial charge on any atom is 0.103 e. The lowest BCUT2D eigenvalue weighted by atomic mass is 10.0. The molecule has 26 heavy (non-hydrogen) atoms. The van der Waals surface area contributed by atoms with Crippen molar-refractivity contribution in [3.05, 3.63) is 12.2 Å². The Kier molecular flexibility index (Phi) is 14.8. The molecular formula is C23H45N3. The predicted octanol–water partition coefficient (Wildman–Crippen LogP) is 6.43. The van der Waals surface area contributed by atoms with Gasteiger partial charge in [-0.25, -0.2) is 0 Å². The molecule has 152 valence electrons. The Labute approximate surface area is 163 Å². The molecule has 0 aromatic carbocycles. The highest BCUT2D eigenvalue weighted by atomic mass is 15.3. The number of nitrogens with zero attached hydrogens (tertiary/aromatic N) is 2. The molecule has 0 aromatic heterocycles. The van der Waals surface area contributed by atoms with Crippen molar-refractivity contribution in [2.75, 3.05) is 6.54 Å². The summed E-state index contributed by atoms with van der Waals surface area (Å²) in [5.41, 5.74) is 5.99. The second kappa shape index (κ2) is 16.5. The van der Waals surface area contributed by atoms with Crippen molar-refractivity contribution in [2.24, 2.45) is 10.7 Å². The van der Waals surface area contributed by atoms with Crippen LogP contribution in [0.25, 0.3) is 0 Å². The SMILES string of the molecule is CCC/C=C/CCCCCCCCCCCCCC1N=CCN1C(C)N. The first kappa shape index (κ1) is 23.4. The molecular weight excluding hydrogens is 318 g/mol. The van der Waals surface area contributed by atoms with Crippen molar-refractivity contribution in [2.45, 2.75) is 122 Å². The molecule has 1 heterocycles. The summed E-state index contributed by atoms with van der Waals surface area (Å²) >= 11 is 0. The first-order valence-electron chi connectivity index (χ1n) is 11.4. The van der Waals surface area contributed by atoms with Crippen LogP contribution in [-0.4, -0.2) is 30.0 Å². The lowest BCUT2D eigenvalue weighted by Crippen LogP contribution is -2.43. The van der Waals surface area contributed by atoms with E-state index in [2.05, 4.69) is 35.9 Å². The first-order chi connectivity index (χ1) is 12.8. The third-order valence-corrected chi connectivity index (χ3v) is 5.43. The van der Waals surface area contributed by atoms with Crippen LogP contribution in [0.15, 0.2) is 17.1 Å². The Balaban J connectivity index is 1.78. The molecule has 3 nitrogen and oxygen atoms in total. The van der Waals surface area contributed by atoms with Crippen LogP contribution < -0.4 is 5.73 Å². The van der Waals surface area contributed by atoms with Gasteiger partial charge in [-0.15, -0.1) is 0 Å². The molecule has 1 aliphatic rings. The second-order valence-corrected chi connectivity index (χ2v) is 7.98. The minimum absolute atomic E-state index is 0.125. The minimum atomic E-state index is 0.125. The standard InChI is InChI=1S/C23H45N3/c1-3-4-5-6-7-8-9-10-11-12-13-14-15-16-17-18-19-23-25-20-21-26(23)22(2)24/h5-6,20,22-23H,3-4,7-19,21,24H2,1-2H3/b6-5+. The Morgan fingerprint density at radius 3 is 2.04 bits per heavy atom. The third-order valence-electron chi connectivity index (χ3n) is 5.43. The van der Waals surface area contributed by atoms with E-state index in [1.54, 1.807) is 0 Å². The van der Waals surface area contributed by atoms with E-state index < -0.39 is 0 Å². The van der Waals surface area contributed by atoms with E-state index >= 15 is 0 Å². The summed E-state index contributed by atoms with van der Waals surface area (Å²) in [4.78, 5) is 6.86. The van der Waals surface area contributed by atoms with E-state index in [1.807, 2.05) is 6.21 Å². The molecule has 0 aliphatic carbocycles. The Morgan fingerprint density at radius 2 is 1.46 bits per heavy atom. The summed E-state index contributed by atoms with van der Waals surface area (Å²) in [6, 6.07) is 0. The van der Waals surface area contributed by atoms with E-state index in [0.29, 0.717) is 6.17 Å². The van der Waals surface area contributed by atoms with Crippen LogP contribution in [0.3, 0.4) is 0 Å². The van der Waals surface area contributed by atoms with Crippen LogP contribution in [0, 0.1) is 0 Å². The van der Waals surface area contributed by atoms with Crippen LogP contribution in [0.4, 0.5) is 0 Å². The molecule has 0 radical (unpaired) electrons. The largest absolute Gasteiger partial charge is 0.316 e. The molecule has 2 N–H and O–H groups in total.